The van der Waals surface area contributed by atoms with E-state index in [1.54, 1.807) is 11.0 Å². The molecule has 9 heteroatoms. The summed E-state index contributed by atoms with van der Waals surface area (Å²) in [6.07, 6.45) is 0.721. The summed E-state index contributed by atoms with van der Waals surface area (Å²) in [5, 5.41) is 2.78. The van der Waals surface area contributed by atoms with Gasteiger partial charge in [0.1, 0.15) is 17.6 Å². The Morgan fingerprint density at radius 3 is 2.46 bits per heavy atom. The lowest BCUT2D eigenvalue weighted by atomic mass is 9.96. The van der Waals surface area contributed by atoms with E-state index in [1.807, 2.05) is 25.1 Å². The average molecular weight is 484 g/mol. The summed E-state index contributed by atoms with van der Waals surface area (Å²) in [5.74, 6) is -1.28. The maximum atomic E-state index is 13.6. The first kappa shape index (κ1) is 24.8. The second kappa shape index (κ2) is 10.5. The van der Waals surface area contributed by atoms with Gasteiger partial charge in [-0.1, -0.05) is 17.7 Å². The summed E-state index contributed by atoms with van der Waals surface area (Å²) in [7, 11) is 1.54. The molecule has 0 bridgehead atoms. The molecule has 35 heavy (non-hydrogen) atoms. The van der Waals surface area contributed by atoms with Gasteiger partial charge in [-0.2, -0.15) is 0 Å². The zero-order valence-electron chi connectivity index (χ0n) is 20.0. The predicted molar refractivity (Wildman–Crippen MR) is 126 cm³/mol. The number of piperidine rings is 1. The molecule has 2 fully saturated rings. The van der Waals surface area contributed by atoms with Crippen molar-refractivity contribution in [3.05, 3.63) is 71.0 Å². The van der Waals surface area contributed by atoms with Crippen LogP contribution in [0.3, 0.4) is 0 Å². The topological polar surface area (TPSA) is 88.2 Å². The predicted octanol–water partition coefficient (Wildman–Crippen LogP) is 2.37. The molecule has 2 aromatic carbocycles. The van der Waals surface area contributed by atoms with Crippen LogP contribution in [0.1, 0.15) is 39.1 Å². The normalized spacial score (nSPS) is 19.1. The molecule has 2 aliphatic heterocycles. The molecule has 2 heterocycles. The second-order valence-corrected chi connectivity index (χ2v) is 8.90. The van der Waals surface area contributed by atoms with Crippen LogP contribution in [0.5, 0.6) is 0 Å². The Labute approximate surface area is 204 Å². The van der Waals surface area contributed by atoms with E-state index < -0.39 is 23.5 Å². The Morgan fingerprint density at radius 2 is 1.80 bits per heavy atom. The van der Waals surface area contributed by atoms with Crippen molar-refractivity contribution in [2.24, 2.45) is 0 Å². The third kappa shape index (κ3) is 5.21. The monoisotopic (exact) mass is 483 g/mol. The lowest BCUT2D eigenvalue weighted by Gasteiger charge is -2.44. The fraction of sp³-hybridized carbons (Fsp3) is 0.423. The summed E-state index contributed by atoms with van der Waals surface area (Å²) in [6, 6.07) is 11.8. The Bertz CT molecular complexity index is 1080. The van der Waals surface area contributed by atoms with Gasteiger partial charge in [-0.3, -0.25) is 19.3 Å². The first-order valence-corrected chi connectivity index (χ1v) is 11.7. The lowest BCUT2D eigenvalue weighted by molar-refractivity contribution is -0.128. The van der Waals surface area contributed by atoms with Crippen LogP contribution in [0, 0.1) is 12.7 Å². The molecule has 1 spiro atoms. The van der Waals surface area contributed by atoms with E-state index in [2.05, 4.69) is 5.32 Å². The summed E-state index contributed by atoms with van der Waals surface area (Å²) in [4.78, 5) is 42.8. The van der Waals surface area contributed by atoms with Crippen LogP contribution in [-0.4, -0.2) is 79.2 Å². The van der Waals surface area contributed by atoms with Crippen molar-refractivity contribution in [1.29, 1.82) is 0 Å². The van der Waals surface area contributed by atoms with Crippen molar-refractivity contribution in [1.82, 2.24) is 15.1 Å². The number of rotatable bonds is 6. The first-order chi connectivity index (χ1) is 16.8. The zero-order valence-corrected chi connectivity index (χ0v) is 20.0. The number of carbonyl (C=O) groups excluding carboxylic acids is 3. The zero-order chi connectivity index (χ0) is 25.0. The number of nitrogens with one attached hydrogen (secondary N) is 1. The van der Waals surface area contributed by atoms with Crippen molar-refractivity contribution in [2.45, 2.75) is 31.5 Å². The van der Waals surface area contributed by atoms with E-state index in [9.17, 15) is 18.8 Å². The molecular formula is C26H30FN3O5. The van der Waals surface area contributed by atoms with E-state index >= 15 is 0 Å². The third-order valence-corrected chi connectivity index (χ3v) is 6.58. The molecule has 8 nitrogen and oxygen atoms in total. The maximum Gasteiger partial charge on any atom is 0.256 e. The summed E-state index contributed by atoms with van der Waals surface area (Å²) in [5.41, 5.74) is 0.854. The highest BCUT2D eigenvalue weighted by atomic mass is 19.1. The van der Waals surface area contributed by atoms with Crippen LogP contribution in [0.25, 0.3) is 0 Å². The molecule has 0 radical (unpaired) electrons. The van der Waals surface area contributed by atoms with Gasteiger partial charge in [-0.15, -0.1) is 0 Å². The molecule has 0 aromatic heterocycles. The number of amides is 3. The van der Waals surface area contributed by atoms with E-state index in [4.69, 9.17) is 9.47 Å². The van der Waals surface area contributed by atoms with Crippen LogP contribution in [0.15, 0.2) is 48.5 Å². The fourth-order valence-corrected chi connectivity index (χ4v) is 4.71. The molecule has 2 saturated heterocycles. The fourth-order valence-electron chi connectivity index (χ4n) is 4.71. The molecule has 0 saturated carbocycles. The standard InChI is InChI=1S/C26H30FN3O5/c1-18-4-3-5-20(16-18)24(32)29-13-10-26(11-14-29)30(25(33)19-6-8-21(27)9-7-19)22(17-35-26)23(31)28-12-15-34-2/h3-9,16,22H,10-15,17H2,1-2H3,(H,28,31)/t22-/m0/s1. The minimum atomic E-state index is -1.03. The number of benzene rings is 2. The summed E-state index contributed by atoms with van der Waals surface area (Å²) < 4.78 is 24.6. The van der Waals surface area contributed by atoms with Crippen LogP contribution in [0.2, 0.25) is 0 Å². The van der Waals surface area contributed by atoms with Crippen LogP contribution in [-0.2, 0) is 14.3 Å². The molecule has 0 aliphatic carbocycles. The number of halogens is 1. The average Bonchev–Trinajstić information content (AvgIpc) is 3.22. The second-order valence-electron chi connectivity index (χ2n) is 8.90. The van der Waals surface area contributed by atoms with Gasteiger partial charge in [0.05, 0.1) is 13.2 Å². The van der Waals surface area contributed by atoms with Gasteiger partial charge in [0.2, 0.25) is 5.91 Å². The molecule has 0 unspecified atom stereocenters. The number of hydrogen-bond acceptors (Lipinski definition) is 5. The molecule has 1 N–H and O–H groups in total. The Kier molecular flexibility index (Phi) is 7.47. The number of aryl methyl sites for hydroxylation is 1. The summed E-state index contributed by atoms with van der Waals surface area (Å²) in [6.45, 7) is 3.36. The van der Waals surface area contributed by atoms with E-state index in [-0.39, 0.29) is 24.0 Å². The number of likely N-dealkylation sites (tertiary alicyclic amines) is 1. The van der Waals surface area contributed by atoms with Crippen molar-refractivity contribution < 1.29 is 28.2 Å². The number of carbonyl (C=O) groups is 3. The highest BCUT2D eigenvalue weighted by Crippen LogP contribution is 2.38. The highest BCUT2D eigenvalue weighted by Gasteiger charge is 2.54. The molecule has 3 amide bonds. The largest absolute Gasteiger partial charge is 0.383 e. The van der Waals surface area contributed by atoms with Gasteiger partial charge in [0.15, 0.2) is 0 Å². The first-order valence-electron chi connectivity index (χ1n) is 11.7. The van der Waals surface area contributed by atoms with Gasteiger partial charge in [-0.05, 0) is 43.3 Å². The number of methoxy groups -OCH3 is 1. The smallest absolute Gasteiger partial charge is 0.256 e. The van der Waals surface area contributed by atoms with Crippen molar-refractivity contribution in [3.8, 4) is 0 Å². The molecule has 2 aromatic rings. The van der Waals surface area contributed by atoms with E-state index in [0.717, 1.165) is 5.56 Å². The number of nitrogens with zero attached hydrogens (tertiary/aromatic N) is 2. The van der Waals surface area contributed by atoms with Gasteiger partial charge in [0.25, 0.3) is 11.8 Å². The Balaban J connectivity index is 1.55. The van der Waals surface area contributed by atoms with Crippen molar-refractivity contribution in [2.75, 3.05) is 40.0 Å². The van der Waals surface area contributed by atoms with Crippen LogP contribution in [0.4, 0.5) is 4.39 Å². The molecule has 4 rings (SSSR count). The quantitative estimate of drug-likeness (QED) is 0.638. The van der Waals surface area contributed by atoms with Crippen LogP contribution < -0.4 is 5.32 Å². The van der Waals surface area contributed by atoms with Crippen molar-refractivity contribution >= 4 is 17.7 Å². The van der Waals surface area contributed by atoms with E-state index in [1.165, 1.54) is 36.3 Å². The number of hydrogen-bond donors (Lipinski definition) is 1. The maximum absolute atomic E-state index is 13.6. The van der Waals surface area contributed by atoms with Gasteiger partial charge < -0.3 is 19.7 Å². The molecule has 1 atom stereocenters. The van der Waals surface area contributed by atoms with E-state index in [0.29, 0.717) is 44.6 Å². The van der Waals surface area contributed by atoms with Gasteiger partial charge >= 0.3 is 0 Å². The molecule has 186 valence electrons. The third-order valence-electron chi connectivity index (χ3n) is 6.58. The lowest BCUT2D eigenvalue weighted by Crippen LogP contribution is -2.60. The minimum absolute atomic E-state index is 0.0393. The Morgan fingerprint density at radius 1 is 1.09 bits per heavy atom. The van der Waals surface area contributed by atoms with Gasteiger partial charge in [0, 0.05) is 50.7 Å². The number of ether oxygens (including phenoxy) is 2. The minimum Gasteiger partial charge on any atom is -0.383 e. The Hall–Kier alpha value is -3.30. The van der Waals surface area contributed by atoms with Crippen molar-refractivity contribution in [3.63, 3.8) is 0 Å². The molecular weight excluding hydrogens is 453 g/mol. The van der Waals surface area contributed by atoms with Gasteiger partial charge in [-0.25, -0.2) is 4.39 Å². The SMILES string of the molecule is COCCNC(=O)[C@@H]1COC2(CCN(C(=O)c3cccc(C)c3)CC2)N1C(=O)c1ccc(F)cc1. The highest BCUT2D eigenvalue weighted by molar-refractivity contribution is 5.98. The summed E-state index contributed by atoms with van der Waals surface area (Å²) >= 11 is 0. The molecule has 2 aliphatic rings. The van der Waals surface area contributed by atoms with Crippen LogP contribution >= 0.6 is 0 Å².